The molecule has 1 amide bonds. The Morgan fingerprint density at radius 3 is 2.70 bits per heavy atom. The first kappa shape index (κ1) is 14.8. The highest BCUT2D eigenvalue weighted by molar-refractivity contribution is 9.10. The van der Waals surface area contributed by atoms with Crippen LogP contribution in [-0.4, -0.2) is 15.7 Å². The van der Waals surface area contributed by atoms with E-state index in [0.717, 1.165) is 22.3 Å². The second kappa shape index (κ2) is 6.70. The summed E-state index contributed by atoms with van der Waals surface area (Å²) >= 11 is 3.41. The number of carbonyl (C=O) groups is 1. The summed E-state index contributed by atoms with van der Waals surface area (Å²) in [5, 5.41) is 7.19. The van der Waals surface area contributed by atoms with Crippen molar-refractivity contribution in [2.75, 3.05) is 5.32 Å². The summed E-state index contributed by atoms with van der Waals surface area (Å²) in [5.41, 5.74) is 1.14. The minimum absolute atomic E-state index is 0.00558. The van der Waals surface area contributed by atoms with E-state index in [9.17, 15) is 4.79 Å². The molecule has 5 heteroatoms. The van der Waals surface area contributed by atoms with Gasteiger partial charge in [-0.2, -0.15) is 5.10 Å². The molecule has 1 aromatic carbocycles. The van der Waals surface area contributed by atoms with Crippen LogP contribution in [0.3, 0.4) is 0 Å². The van der Waals surface area contributed by atoms with Crippen molar-refractivity contribution in [1.29, 1.82) is 0 Å². The summed E-state index contributed by atoms with van der Waals surface area (Å²) in [6.07, 6.45) is 2.53. The maximum absolute atomic E-state index is 11.9. The summed E-state index contributed by atoms with van der Waals surface area (Å²) in [7, 11) is 0. The first-order chi connectivity index (χ1) is 9.60. The Labute approximate surface area is 127 Å². The maximum atomic E-state index is 11.9. The van der Waals surface area contributed by atoms with E-state index in [2.05, 4.69) is 26.3 Å². The lowest BCUT2D eigenvalue weighted by Gasteiger charge is -2.12. The average molecular weight is 336 g/mol. The van der Waals surface area contributed by atoms with Crippen molar-refractivity contribution in [3.05, 3.63) is 46.6 Å². The molecular formula is C15H18BrN3O. The van der Waals surface area contributed by atoms with Gasteiger partial charge in [-0.1, -0.05) is 41.9 Å². The molecule has 4 nitrogen and oxygen atoms in total. The molecule has 2 aromatic rings. The number of aromatic nitrogens is 2. The van der Waals surface area contributed by atoms with E-state index in [1.807, 2.05) is 44.2 Å². The molecule has 0 aliphatic rings. The molecule has 1 unspecified atom stereocenters. The molecule has 0 radical (unpaired) electrons. The van der Waals surface area contributed by atoms with Gasteiger partial charge in [-0.25, -0.2) is 4.68 Å². The Morgan fingerprint density at radius 1 is 1.35 bits per heavy atom. The van der Waals surface area contributed by atoms with Crippen molar-refractivity contribution < 1.29 is 4.79 Å². The van der Waals surface area contributed by atoms with Gasteiger partial charge in [-0.3, -0.25) is 4.79 Å². The van der Waals surface area contributed by atoms with E-state index in [1.165, 1.54) is 0 Å². The lowest BCUT2D eigenvalue weighted by atomic mass is 10.1. The molecule has 0 bridgehead atoms. The summed E-state index contributed by atoms with van der Waals surface area (Å²) in [6, 6.07) is 9.88. The molecule has 0 aliphatic heterocycles. The Kier molecular flexibility index (Phi) is 4.95. The highest BCUT2D eigenvalue weighted by Gasteiger charge is 2.13. The number of amides is 1. The van der Waals surface area contributed by atoms with Crippen LogP contribution in [0.2, 0.25) is 0 Å². The van der Waals surface area contributed by atoms with Crippen LogP contribution >= 0.6 is 15.9 Å². The normalized spacial score (nSPS) is 12.2. The molecule has 1 atom stereocenters. The highest BCUT2D eigenvalue weighted by Crippen LogP contribution is 2.15. The number of benzene rings is 1. The molecule has 1 aromatic heterocycles. The molecule has 2 rings (SSSR count). The third-order valence-corrected chi connectivity index (χ3v) is 3.80. The molecule has 0 aliphatic carbocycles. The Balaban J connectivity index is 2.08. The zero-order valence-electron chi connectivity index (χ0n) is 11.6. The van der Waals surface area contributed by atoms with E-state index in [0.29, 0.717) is 6.54 Å². The fraction of sp³-hybridized carbons (Fsp3) is 0.333. The van der Waals surface area contributed by atoms with Crippen LogP contribution in [0.5, 0.6) is 0 Å². The van der Waals surface area contributed by atoms with Gasteiger partial charge in [-0.15, -0.1) is 0 Å². The Bertz CT molecular complexity index is 577. The largest absolute Gasteiger partial charge is 0.311 e. The predicted molar refractivity (Wildman–Crippen MR) is 83.6 cm³/mol. The average Bonchev–Trinajstić information content (AvgIpc) is 2.87. The topological polar surface area (TPSA) is 46.9 Å². The molecule has 0 spiro atoms. The predicted octanol–water partition coefficient (Wildman–Crippen LogP) is 3.68. The molecule has 1 N–H and O–H groups in total. The number of hydrogen-bond donors (Lipinski definition) is 1. The number of nitrogens with zero attached hydrogens (tertiary/aromatic N) is 2. The second-order valence-electron chi connectivity index (χ2n) is 4.80. The van der Waals surface area contributed by atoms with Gasteiger partial charge in [0.15, 0.2) is 0 Å². The van der Waals surface area contributed by atoms with Gasteiger partial charge >= 0.3 is 0 Å². The van der Waals surface area contributed by atoms with Crippen molar-refractivity contribution in [3.63, 3.8) is 0 Å². The Morgan fingerprint density at radius 2 is 2.05 bits per heavy atom. The van der Waals surface area contributed by atoms with Crippen molar-refractivity contribution in [3.8, 4) is 0 Å². The smallest absolute Gasteiger partial charge is 0.228 e. The number of carbonyl (C=O) groups excluding carboxylic acids is 1. The standard InChI is InChI=1S/C15H18BrN3O/c1-3-11(2)15(20)18-14-8-9-17-19(14)10-12-4-6-13(16)7-5-12/h4-9,11H,3,10H2,1-2H3,(H,18,20). The van der Waals surface area contributed by atoms with Gasteiger partial charge in [0.2, 0.25) is 5.91 Å². The molecule has 0 saturated carbocycles. The van der Waals surface area contributed by atoms with E-state index < -0.39 is 0 Å². The van der Waals surface area contributed by atoms with Crippen LogP contribution in [0, 0.1) is 5.92 Å². The summed E-state index contributed by atoms with van der Waals surface area (Å²) in [4.78, 5) is 11.9. The van der Waals surface area contributed by atoms with Crippen LogP contribution in [0.15, 0.2) is 41.0 Å². The minimum atomic E-state index is 0.00558. The Hall–Kier alpha value is -1.62. The van der Waals surface area contributed by atoms with Gasteiger partial charge < -0.3 is 5.32 Å². The lowest BCUT2D eigenvalue weighted by molar-refractivity contribution is -0.119. The lowest BCUT2D eigenvalue weighted by Crippen LogP contribution is -2.22. The molecule has 1 heterocycles. The minimum Gasteiger partial charge on any atom is -0.311 e. The quantitative estimate of drug-likeness (QED) is 0.905. The first-order valence-electron chi connectivity index (χ1n) is 6.67. The molecular weight excluding hydrogens is 318 g/mol. The van der Waals surface area contributed by atoms with Crippen LogP contribution < -0.4 is 5.32 Å². The van der Waals surface area contributed by atoms with Crippen molar-refractivity contribution >= 4 is 27.7 Å². The third kappa shape index (κ3) is 3.70. The van der Waals surface area contributed by atoms with Crippen LogP contribution in [0.25, 0.3) is 0 Å². The molecule has 106 valence electrons. The van der Waals surface area contributed by atoms with Crippen LogP contribution in [0.1, 0.15) is 25.8 Å². The van der Waals surface area contributed by atoms with E-state index in [1.54, 1.807) is 10.9 Å². The molecule has 0 saturated heterocycles. The SMILES string of the molecule is CCC(C)C(=O)Nc1ccnn1Cc1ccc(Br)cc1. The number of hydrogen-bond acceptors (Lipinski definition) is 2. The number of anilines is 1. The third-order valence-electron chi connectivity index (χ3n) is 3.27. The number of nitrogens with one attached hydrogen (secondary N) is 1. The zero-order valence-corrected chi connectivity index (χ0v) is 13.2. The van der Waals surface area contributed by atoms with Gasteiger partial charge in [-0.05, 0) is 24.1 Å². The van der Waals surface area contributed by atoms with Crippen LogP contribution in [0.4, 0.5) is 5.82 Å². The van der Waals surface area contributed by atoms with Gasteiger partial charge in [0.05, 0.1) is 12.7 Å². The van der Waals surface area contributed by atoms with Gasteiger partial charge in [0.25, 0.3) is 0 Å². The van der Waals surface area contributed by atoms with E-state index in [4.69, 9.17) is 0 Å². The number of halogens is 1. The first-order valence-corrected chi connectivity index (χ1v) is 7.46. The highest BCUT2D eigenvalue weighted by atomic mass is 79.9. The summed E-state index contributed by atoms with van der Waals surface area (Å²) in [5.74, 6) is 0.773. The van der Waals surface area contributed by atoms with Crippen molar-refractivity contribution in [1.82, 2.24) is 9.78 Å². The van der Waals surface area contributed by atoms with Gasteiger partial charge in [0.1, 0.15) is 5.82 Å². The van der Waals surface area contributed by atoms with Crippen LogP contribution in [-0.2, 0) is 11.3 Å². The molecule has 0 fully saturated rings. The maximum Gasteiger partial charge on any atom is 0.228 e. The fourth-order valence-electron chi connectivity index (χ4n) is 1.76. The zero-order chi connectivity index (χ0) is 14.5. The summed E-state index contributed by atoms with van der Waals surface area (Å²) < 4.78 is 2.84. The monoisotopic (exact) mass is 335 g/mol. The number of rotatable bonds is 5. The van der Waals surface area contributed by atoms with Crippen molar-refractivity contribution in [2.45, 2.75) is 26.8 Å². The summed E-state index contributed by atoms with van der Waals surface area (Å²) in [6.45, 7) is 4.56. The van der Waals surface area contributed by atoms with Crippen molar-refractivity contribution in [2.24, 2.45) is 5.92 Å². The van der Waals surface area contributed by atoms with Gasteiger partial charge in [0, 0.05) is 16.5 Å². The van der Waals surface area contributed by atoms with E-state index >= 15 is 0 Å². The molecule has 20 heavy (non-hydrogen) atoms. The second-order valence-corrected chi connectivity index (χ2v) is 5.71. The van der Waals surface area contributed by atoms with E-state index in [-0.39, 0.29) is 11.8 Å². The fourth-order valence-corrected chi connectivity index (χ4v) is 2.03.